The van der Waals surface area contributed by atoms with Gasteiger partial charge in [-0.1, -0.05) is 6.07 Å². The molecule has 0 saturated heterocycles. The number of hydrogen-bond acceptors (Lipinski definition) is 4. The summed E-state index contributed by atoms with van der Waals surface area (Å²) in [6, 6.07) is 3.35. The van der Waals surface area contributed by atoms with Gasteiger partial charge < -0.3 is 10.4 Å². The van der Waals surface area contributed by atoms with Crippen LogP contribution in [-0.4, -0.2) is 22.4 Å². The van der Waals surface area contributed by atoms with E-state index in [0.29, 0.717) is 9.77 Å². The second kappa shape index (κ2) is 7.50. The fourth-order valence-corrected chi connectivity index (χ4v) is 6.96. The van der Waals surface area contributed by atoms with Crippen LogP contribution in [-0.2, 0) is 41.2 Å². The number of anilines is 1. The quantitative estimate of drug-likeness (QED) is 0.677. The number of carbonyl (C=O) groups is 1. The zero-order valence-corrected chi connectivity index (χ0v) is 18.6. The summed E-state index contributed by atoms with van der Waals surface area (Å²) >= 11 is 1.22. The lowest BCUT2D eigenvalue weighted by Crippen LogP contribution is -2.22. The highest BCUT2D eigenvalue weighted by molar-refractivity contribution is 7.94. The summed E-state index contributed by atoms with van der Waals surface area (Å²) in [4.78, 5) is 12.8. The molecule has 156 valence electrons. The third-order valence-corrected chi connectivity index (χ3v) is 9.08. The molecule has 6 nitrogen and oxygen atoms in total. The molecule has 29 heavy (non-hydrogen) atoms. The number of amides is 2. The first kappa shape index (κ1) is 20.5. The van der Waals surface area contributed by atoms with E-state index in [0.717, 1.165) is 44.2 Å². The molecule has 2 aliphatic rings. The average Bonchev–Trinajstić information content (AvgIpc) is 3.40. The van der Waals surface area contributed by atoms with Crippen LogP contribution in [0.3, 0.4) is 0 Å². The lowest BCUT2D eigenvalue weighted by Gasteiger charge is -2.15. The Morgan fingerprint density at radius 1 is 1.14 bits per heavy atom. The first-order chi connectivity index (χ1) is 13.7. The van der Waals surface area contributed by atoms with Crippen molar-refractivity contribution in [1.82, 2.24) is 4.72 Å². The molecular weight excluding hydrogens is 406 g/mol. The molecule has 2 aromatic rings. The number of nitrogens with one attached hydrogen (secondary N) is 2. The molecule has 2 aliphatic carbocycles. The number of fused-ring (bicyclic) bond motifs is 2. The van der Waals surface area contributed by atoms with E-state index in [1.807, 2.05) is 0 Å². The van der Waals surface area contributed by atoms with Gasteiger partial charge in [0.15, 0.2) is 9.92 Å². The van der Waals surface area contributed by atoms with E-state index in [9.17, 15) is 14.1 Å². The predicted molar refractivity (Wildman–Crippen MR) is 117 cm³/mol. The molecular formula is C21H27N3O3S2. The Balaban J connectivity index is 1.68. The Bertz CT molecular complexity index is 1060. The first-order valence-electron chi connectivity index (χ1n) is 9.96. The number of rotatable bonds is 4. The molecule has 0 saturated carbocycles. The standard InChI is InChI=1S/C21H27N3O3S2/c1-21(2,26)15-11-18(28-12-15)29(27,22-3)24-20(25)23-19-16-8-4-6-13(16)10-14-7-5-9-17(14)19/h10-12,26H,4-9H2,1-3H3,(H2,22,23,24,25,27). The lowest BCUT2D eigenvalue weighted by molar-refractivity contribution is 0.0789. The van der Waals surface area contributed by atoms with Crippen LogP contribution in [0.25, 0.3) is 0 Å². The van der Waals surface area contributed by atoms with E-state index in [-0.39, 0.29) is 0 Å². The summed E-state index contributed by atoms with van der Waals surface area (Å²) in [6.07, 6.45) is 6.20. The highest BCUT2D eigenvalue weighted by Crippen LogP contribution is 2.38. The molecule has 1 atom stereocenters. The van der Waals surface area contributed by atoms with Crippen LogP contribution in [0.4, 0.5) is 10.5 Å². The molecule has 3 N–H and O–H groups in total. The third kappa shape index (κ3) is 3.86. The number of benzene rings is 1. The SMILES string of the molecule is CNS(=O)(=NC(=O)Nc1c2c(cc3c1CCC3)CCC2)c1cc(C(C)(C)O)cs1. The molecule has 2 amide bonds. The summed E-state index contributed by atoms with van der Waals surface area (Å²) in [7, 11) is -1.59. The van der Waals surface area contributed by atoms with E-state index in [4.69, 9.17) is 0 Å². The second-order valence-corrected chi connectivity index (χ2v) is 11.5. The van der Waals surface area contributed by atoms with E-state index in [1.165, 1.54) is 40.6 Å². The Morgan fingerprint density at radius 3 is 2.28 bits per heavy atom. The van der Waals surface area contributed by atoms with Crippen LogP contribution in [0, 0.1) is 0 Å². The van der Waals surface area contributed by atoms with Crippen LogP contribution in [0.2, 0.25) is 0 Å². The van der Waals surface area contributed by atoms with Gasteiger partial charge in [0, 0.05) is 5.69 Å². The molecule has 1 unspecified atom stereocenters. The van der Waals surface area contributed by atoms with Gasteiger partial charge >= 0.3 is 6.03 Å². The van der Waals surface area contributed by atoms with Gasteiger partial charge in [0.05, 0.1) is 5.60 Å². The third-order valence-electron chi connectivity index (χ3n) is 5.75. The van der Waals surface area contributed by atoms with Crippen LogP contribution < -0.4 is 10.0 Å². The van der Waals surface area contributed by atoms with Gasteiger partial charge in [-0.2, -0.15) is 0 Å². The summed E-state index contributed by atoms with van der Waals surface area (Å²) in [5, 5.41) is 14.9. The Kier molecular flexibility index (Phi) is 5.31. The number of aliphatic hydroxyl groups is 1. The highest BCUT2D eigenvalue weighted by atomic mass is 32.2. The zero-order valence-electron chi connectivity index (χ0n) is 17.0. The first-order valence-corrected chi connectivity index (χ1v) is 12.4. The van der Waals surface area contributed by atoms with Crippen molar-refractivity contribution in [3.63, 3.8) is 0 Å². The summed E-state index contributed by atoms with van der Waals surface area (Å²) in [5.74, 6) is 0. The number of urea groups is 1. The zero-order chi connectivity index (χ0) is 20.8. The maximum absolute atomic E-state index is 13.4. The van der Waals surface area contributed by atoms with Crippen molar-refractivity contribution in [2.75, 3.05) is 12.4 Å². The minimum absolute atomic E-state index is 0.427. The average molecular weight is 434 g/mol. The molecule has 0 bridgehead atoms. The van der Waals surface area contributed by atoms with Crippen molar-refractivity contribution in [2.45, 2.75) is 62.2 Å². The normalized spacial score (nSPS) is 17.5. The van der Waals surface area contributed by atoms with Gasteiger partial charge in [-0.3, -0.25) is 0 Å². The van der Waals surface area contributed by atoms with Gasteiger partial charge in [-0.05, 0) is 98.7 Å². The minimum atomic E-state index is -3.12. The highest BCUT2D eigenvalue weighted by Gasteiger charge is 2.26. The van der Waals surface area contributed by atoms with Crippen molar-refractivity contribution < 1.29 is 14.1 Å². The smallest absolute Gasteiger partial charge is 0.354 e. The van der Waals surface area contributed by atoms with E-state index in [2.05, 4.69) is 20.5 Å². The molecule has 4 rings (SSSR count). The van der Waals surface area contributed by atoms with Gasteiger partial charge in [-0.25, -0.2) is 13.7 Å². The Hall–Kier alpha value is -1.74. The molecule has 8 heteroatoms. The van der Waals surface area contributed by atoms with E-state index >= 15 is 0 Å². The maximum atomic E-state index is 13.4. The molecule has 0 radical (unpaired) electrons. The van der Waals surface area contributed by atoms with Gasteiger partial charge in [-0.15, -0.1) is 15.7 Å². The summed E-state index contributed by atoms with van der Waals surface area (Å²) < 4.78 is 20.5. The lowest BCUT2D eigenvalue weighted by atomic mass is 9.99. The number of hydrogen-bond donors (Lipinski definition) is 3. The second-order valence-electron chi connectivity index (χ2n) is 8.20. The van der Waals surface area contributed by atoms with Crippen molar-refractivity contribution in [3.05, 3.63) is 45.3 Å². The molecule has 1 heterocycles. The fourth-order valence-electron chi connectivity index (χ4n) is 4.19. The van der Waals surface area contributed by atoms with Crippen LogP contribution >= 0.6 is 11.3 Å². The number of aryl methyl sites for hydroxylation is 2. The molecule has 0 spiro atoms. The monoisotopic (exact) mass is 433 g/mol. The Morgan fingerprint density at radius 2 is 1.76 bits per heavy atom. The minimum Gasteiger partial charge on any atom is -0.386 e. The predicted octanol–water partition coefficient (Wildman–Crippen LogP) is 4.15. The molecule has 1 aromatic heterocycles. The maximum Gasteiger partial charge on any atom is 0.354 e. The summed E-state index contributed by atoms with van der Waals surface area (Å²) in [5.41, 5.74) is 5.57. The topological polar surface area (TPSA) is 90.8 Å². The van der Waals surface area contributed by atoms with Crippen LogP contribution in [0.5, 0.6) is 0 Å². The van der Waals surface area contributed by atoms with Gasteiger partial charge in [0.25, 0.3) is 0 Å². The van der Waals surface area contributed by atoms with Crippen molar-refractivity contribution in [1.29, 1.82) is 0 Å². The van der Waals surface area contributed by atoms with Crippen LogP contribution in [0.15, 0.2) is 26.1 Å². The van der Waals surface area contributed by atoms with Crippen molar-refractivity contribution in [3.8, 4) is 0 Å². The van der Waals surface area contributed by atoms with E-state index in [1.54, 1.807) is 25.3 Å². The van der Waals surface area contributed by atoms with Crippen molar-refractivity contribution >= 4 is 33.0 Å². The van der Waals surface area contributed by atoms with Crippen LogP contribution in [0.1, 0.15) is 54.5 Å². The molecule has 0 fully saturated rings. The van der Waals surface area contributed by atoms with Gasteiger partial charge in [0.2, 0.25) is 0 Å². The van der Waals surface area contributed by atoms with Crippen molar-refractivity contribution in [2.24, 2.45) is 4.36 Å². The number of carbonyl (C=O) groups excluding carboxylic acids is 1. The van der Waals surface area contributed by atoms with Gasteiger partial charge in [0.1, 0.15) is 4.21 Å². The number of nitrogens with zero attached hydrogens (tertiary/aromatic N) is 1. The Labute approximate surface area is 176 Å². The fraction of sp³-hybridized carbons (Fsp3) is 0.476. The summed E-state index contributed by atoms with van der Waals surface area (Å²) in [6.45, 7) is 3.33. The molecule has 0 aliphatic heterocycles. The largest absolute Gasteiger partial charge is 0.386 e. The number of thiophene rings is 1. The van der Waals surface area contributed by atoms with E-state index < -0.39 is 21.5 Å². The molecule has 1 aromatic carbocycles.